The summed E-state index contributed by atoms with van der Waals surface area (Å²) in [5.74, 6) is -1.45. The summed E-state index contributed by atoms with van der Waals surface area (Å²) < 4.78 is 19.1. The monoisotopic (exact) mass is 729 g/mol. The molecule has 1 amide bonds. The Hall–Kier alpha value is -3.01. The first kappa shape index (κ1) is 44.2. The number of nitrogens with one attached hydrogen (secondary N) is 1. The van der Waals surface area contributed by atoms with Gasteiger partial charge in [0.2, 0.25) is 11.5 Å². The molecule has 0 bridgehead atoms. The third-order valence-corrected chi connectivity index (χ3v) is 9.82. The lowest BCUT2D eigenvalue weighted by Crippen LogP contribution is -3.00. The molecule has 9 nitrogen and oxygen atoms in total. The fourth-order valence-electron chi connectivity index (χ4n) is 6.69. The first-order chi connectivity index (χ1) is 24.4. The fourth-order valence-corrected chi connectivity index (χ4v) is 6.69. The van der Waals surface area contributed by atoms with E-state index in [4.69, 9.17) is 19.9 Å². The third kappa shape index (κ3) is 14.9. The number of carbonyl (C=O) groups excluding carboxylic acids is 3. The number of alkyl carbamates (subject to hydrolysis) is 1. The molecule has 10 heteroatoms. The molecule has 1 aliphatic heterocycles. The maximum atomic E-state index is 13.8. The van der Waals surface area contributed by atoms with E-state index in [0.29, 0.717) is 37.4 Å². The van der Waals surface area contributed by atoms with Crippen molar-refractivity contribution in [2.24, 2.45) is 5.73 Å². The molecule has 2 atom stereocenters. The summed E-state index contributed by atoms with van der Waals surface area (Å²) >= 11 is 0. The van der Waals surface area contributed by atoms with E-state index in [-0.39, 0.29) is 25.6 Å². The highest BCUT2D eigenvalue weighted by Crippen LogP contribution is 2.29. The van der Waals surface area contributed by atoms with Gasteiger partial charge in [-0.25, -0.2) is 14.2 Å². The van der Waals surface area contributed by atoms with Crippen LogP contribution in [0, 0.1) is 0 Å². The Bertz CT molecular complexity index is 1270. The predicted octanol–water partition coefficient (Wildman–Crippen LogP) is 5.12. The summed E-state index contributed by atoms with van der Waals surface area (Å²) in [4.78, 5) is 40.2. The Morgan fingerprint density at radius 3 is 1.88 bits per heavy atom. The lowest BCUT2D eigenvalue weighted by Gasteiger charge is -2.30. The molecule has 1 aliphatic rings. The number of esters is 1. The molecule has 0 saturated carbocycles. The van der Waals surface area contributed by atoms with E-state index in [9.17, 15) is 14.4 Å². The van der Waals surface area contributed by atoms with Gasteiger partial charge >= 0.3 is 12.1 Å². The normalized spacial score (nSPS) is 16.5. The number of amides is 1. The van der Waals surface area contributed by atoms with Crippen molar-refractivity contribution in [3.63, 3.8) is 0 Å². The number of aryl methyl sites for hydroxylation is 1. The van der Waals surface area contributed by atoms with Gasteiger partial charge in [-0.1, -0.05) is 140 Å². The van der Waals surface area contributed by atoms with E-state index in [0.717, 1.165) is 19.3 Å². The second-order valence-electron chi connectivity index (χ2n) is 13.9. The number of ketones is 1. The number of unbranched alkanes of at least 4 members (excludes halogenated alkanes) is 15. The van der Waals surface area contributed by atoms with Crippen LogP contribution in [0.3, 0.4) is 0 Å². The molecule has 3 rings (SSSR count). The van der Waals surface area contributed by atoms with E-state index in [2.05, 4.69) is 12.2 Å². The van der Waals surface area contributed by atoms with Crippen LogP contribution in [0.5, 0.6) is 0 Å². The predicted molar refractivity (Wildman–Crippen MR) is 197 cm³/mol. The molecule has 1 aromatic carbocycles. The van der Waals surface area contributed by atoms with Gasteiger partial charge in [0.05, 0.1) is 0 Å². The van der Waals surface area contributed by atoms with Gasteiger partial charge in [-0.15, -0.1) is 0 Å². The number of carbonyl (C=O) groups is 3. The maximum Gasteiger partial charge on any atom is 0.407 e. The first-order valence-corrected chi connectivity index (χ1v) is 19.5. The number of rotatable bonds is 26. The summed E-state index contributed by atoms with van der Waals surface area (Å²) in [5.41, 5.74) is 4.27. The molecule has 286 valence electrons. The quantitative estimate of drug-likeness (QED) is 0.0454. The van der Waals surface area contributed by atoms with E-state index < -0.39 is 29.0 Å². The Morgan fingerprint density at radius 2 is 1.33 bits per heavy atom. The molecule has 3 N–H and O–H groups in total. The second-order valence-corrected chi connectivity index (χ2v) is 13.9. The Kier molecular flexibility index (Phi) is 21.7. The van der Waals surface area contributed by atoms with Gasteiger partial charge < -0.3 is 37.7 Å². The number of nitrogens with two attached hydrogens (primary N) is 1. The van der Waals surface area contributed by atoms with Gasteiger partial charge in [0.1, 0.15) is 25.4 Å². The fraction of sp³-hybridized carbons (Fsp3) is 0.659. The summed E-state index contributed by atoms with van der Waals surface area (Å²) in [7, 11) is 0. The lowest BCUT2D eigenvalue weighted by molar-refractivity contribution is -0.702. The molecule has 2 heterocycles. The summed E-state index contributed by atoms with van der Waals surface area (Å²) in [6.07, 6.45) is 23.3. The highest BCUT2D eigenvalue weighted by Gasteiger charge is 2.53. The van der Waals surface area contributed by atoms with Gasteiger partial charge in [0.25, 0.3) is 5.54 Å². The van der Waals surface area contributed by atoms with Crippen LogP contribution in [-0.2, 0) is 31.1 Å². The van der Waals surface area contributed by atoms with Gasteiger partial charge in [-0.05, 0) is 26.2 Å². The molecule has 0 aliphatic carbocycles. The van der Waals surface area contributed by atoms with Crippen LogP contribution in [0.2, 0.25) is 0 Å². The van der Waals surface area contributed by atoms with Crippen LogP contribution in [0.4, 0.5) is 4.79 Å². The standard InChI is InChI=1S/C41H63N3O6.ClH/c1-3-5-6-7-8-9-10-11-12-13-14-15-16-17-18-23-30-43-39(47)49-34-40(29-25-32-50-40)33-48-38(46)41(42,36-28-22-24-31-44(36)4-2)37(45)35-26-20-19-21-27-35;/h19-22,24,26-28,31H,3-18,23,25,29-30,32-34,42H2,1-2H3;1H. The van der Waals surface area contributed by atoms with Gasteiger partial charge in [-0.2, -0.15) is 0 Å². The molecule has 51 heavy (non-hydrogen) atoms. The number of aromatic nitrogens is 1. The number of halogens is 1. The average Bonchev–Trinajstić information content (AvgIpc) is 3.63. The first-order valence-electron chi connectivity index (χ1n) is 19.5. The minimum absolute atomic E-state index is 0. The minimum atomic E-state index is -2.09. The number of hydrogen-bond donors (Lipinski definition) is 2. The van der Waals surface area contributed by atoms with Gasteiger partial charge in [-0.3, -0.25) is 4.79 Å². The number of benzene rings is 1. The van der Waals surface area contributed by atoms with Gasteiger partial charge in [0.15, 0.2) is 6.20 Å². The van der Waals surface area contributed by atoms with Crippen molar-refractivity contribution >= 4 is 17.8 Å². The molecule has 1 fully saturated rings. The van der Waals surface area contributed by atoms with Gasteiger partial charge in [0, 0.05) is 30.8 Å². The second kappa shape index (κ2) is 25.0. The number of nitrogens with zero attached hydrogens (tertiary/aromatic N) is 1. The molecule has 2 unspecified atom stereocenters. The van der Waals surface area contributed by atoms with E-state index in [1.165, 1.54) is 89.9 Å². The van der Waals surface area contributed by atoms with E-state index in [1.54, 1.807) is 53.2 Å². The summed E-state index contributed by atoms with van der Waals surface area (Å²) in [6.45, 7) is 5.41. The van der Waals surface area contributed by atoms with Crippen LogP contribution in [0.1, 0.15) is 145 Å². The Morgan fingerprint density at radius 1 is 0.784 bits per heavy atom. The zero-order valence-electron chi connectivity index (χ0n) is 31.3. The number of ether oxygens (including phenoxy) is 3. The average molecular weight is 730 g/mol. The number of pyridine rings is 1. The van der Waals surface area contributed by atoms with Crippen molar-refractivity contribution < 1.29 is 45.6 Å². The zero-order chi connectivity index (χ0) is 35.9. The Balaban J connectivity index is 0.00000901. The highest BCUT2D eigenvalue weighted by atomic mass is 35.5. The van der Waals surface area contributed by atoms with Crippen LogP contribution < -0.4 is 28.0 Å². The molecule has 2 aromatic rings. The van der Waals surface area contributed by atoms with Crippen molar-refractivity contribution in [3.05, 3.63) is 66.0 Å². The SMILES string of the molecule is CCCCCCCCCCCCCCCCCCNC(=O)OCC1(COC(=O)C(N)(C(=O)c2ccccc2)c2cccc[n+]2CC)CCCO1.[Cl-]. The van der Waals surface area contributed by atoms with Crippen LogP contribution in [0.15, 0.2) is 54.7 Å². The zero-order valence-corrected chi connectivity index (χ0v) is 32.1. The molecular formula is C41H64ClN3O6. The maximum absolute atomic E-state index is 13.8. The number of Topliss-reactive ketones (excluding diaryl/α,β-unsaturated/α-hetero) is 1. The summed E-state index contributed by atoms with van der Waals surface area (Å²) in [6, 6.07) is 13.7. The van der Waals surface area contributed by atoms with Crippen molar-refractivity contribution in [1.29, 1.82) is 0 Å². The van der Waals surface area contributed by atoms with Crippen LogP contribution >= 0.6 is 0 Å². The van der Waals surface area contributed by atoms with E-state index >= 15 is 0 Å². The van der Waals surface area contributed by atoms with Crippen LogP contribution in [-0.4, -0.2) is 49.8 Å². The molecule has 0 radical (unpaired) electrons. The van der Waals surface area contributed by atoms with Crippen LogP contribution in [0.25, 0.3) is 0 Å². The Labute approximate surface area is 313 Å². The lowest BCUT2D eigenvalue weighted by atomic mass is 9.86. The smallest absolute Gasteiger partial charge is 0.407 e. The van der Waals surface area contributed by atoms with Crippen molar-refractivity contribution in [2.45, 2.75) is 147 Å². The third-order valence-electron chi connectivity index (χ3n) is 9.82. The molecule has 1 saturated heterocycles. The van der Waals surface area contributed by atoms with E-state index in [1.807, 2.05) is 13.0 Å². The minimum Gasteiger partial charge on any atom is -1.00 e. The van der Waals surface area contributed by atoms with Crippen molar-refractivity contribution in [1.82, 2.24) is 5.32 Å². The molecule has 0 spiro atoms. The highest BCUT2D eigenvalue weighted by molar-refractivity contribution is 6.16. The van der Waals surface area contributed by atoms with Crippen molar-refractivity contribution in [2.75, 3.05) is 26.4 Å². The molecular weight excluding hydrogens is 666 g/mol. The number of hydrogen-bond acceptors (Lipinski definition) is 7. The summed E-state index contributed by atoms with van der Waals surface area (Å²) in [5, 5.41) is 2.84. The largest absolute Gasteiger partial charge is 1.00 e. The molecule has 1 aromatic heterocycles. The van der Waals surface area contributed by atoms with Crippen molar-refractivity contribution in [3.8, 4) is 0 Å². The topological polar surface area (TPSA) is 121 Å².